The van der Waals surface area contributed by atoms with Gasteiger partial charge in [0.05, 0.1) is 54.2 Å². The number of halogens is 2. The van der Waals surface area contributed by atoms with E-state index >= 15 is 0 Å². The maximum Gasteiger partial charge on any atom is 0.248 e. The number of likely N-dealkylation sites (tertiary alicyclic amines) is 1. The highest BCUT2D eigenvalue weighted by Crippen LogP contribution is 2.64. The molecule has 3 heterocycles. The Morgan fingerprint density at radius 1 is 0.598 bits per heavy atom. The van der Waals surface area contributed by atoms with Crippen LogP contribution in [0.3, 0.4) is 0 Å². The van der Waals surface area contributed by atoms with Crippen LogP contribution >= 0.6 is 0 Å². The number of nitrogens with zero attached hydrogens (tertiary/aromatic N) is 5. The first-order valence-corrected chi connectivity index (χ1v) is 31.4. The number of hydrogen-bond acceptors (Lipinski definition) is 14. The van der Waals surface area contributed by atoms with Crippen molar-refractivity contribution in [1.82, 2.24) is 4.90 Å². The molecule has 474 valence electrons. The number of nitriles is 3. The number of anilines is 4. The van der Waals surface area contributed by atoms with Gasteiger partial charge in [0, 0.05) is 74.2 Å². The predicted octanol–water partition coefficient (Wildman–Crippen LogP) is 10.6. The zero-order valence-electron chi connectivity index (χ0n) is 50.9. The minimum atomic E-state index is -1.45. The largest absolute Gasteiger partial charge is 0.489 e. The van der Waals surface area contributed by atoms with E-state index in [1.54, 1.807) is 43.3 Å². The van der Waals surface area contributed by atoms with Crippen molar-refractivity contribution in [3.8, 4) is 63.1 Å². The molecule has 7 atom stereocenters. The number of nitrogens with one attached hydrogen (secondary N) is 3. The first-order chi connectivity index (χ1) is 44.6. The number of ketones is 1. The molecule has 0 radical (unpaired) electrons. The van der Waals surface area contributed by atoms with Gasteiger partial charge in [-0.2, -0.15) is 15.8 Å². The van der Waals surface area contributed by atoms with Crippen LogP contribution in [-0.2, 0) is 28.7 Å². The number of benzene rings is 6. The Hall–Kier alpha value is -9.52. The van der Waals surface area contributed by atoms with E-state index in [0.717, 1.165) is 89.9 Å². The fourth-order valence-corrected chi connectivity index (χ4v) is 12.7. The Balaban J connectivity index is 0.000000143. The van der Waals surface area contributed by atoms with Crippen LogP contribution in [-0.4, -0.2) is 121 Å². The van der Waals surface area contributed by atoms with Gasteiger partial charge in [-0.25, -0.2) is 8.78 Å². The molecule has 5 N–H and O–H groups in total. The predicted molar refractivity (Wildman–Crippen MR) is 340 cm³/mol. The van der Waals surface area contributed by atoms with Crippen molar-refractivity contribution in [1.29, 1.82) is 15.8 Å². The van der Waals surface area contributed by atoms with Crippen LogP contribution in [0.5, 0.6) is 11.5 Å². The number of rotatable bonds is 17. The molecule has 3 saturated heterocycles. The van der Waals surface area contributed by atoms with Gasteiger partial charge in [-0.3, -0.25) is 19.2 Å². The summed E-state index contributed by atoms with van der Waals surface area (Å²) in [6.07, 6.45) is 2.89. The summed E-state index contributed by atoms with van der Waals surface area (Å²) in [7, 11) is 0. The van der Waals surface area contributed by atoms with E-state index in [2.05, 4.69) is 39.1 Å². The number of aliphatic hydroxyl groups excluding tert-OH is 2. The summed E-state index contributed by atoms with van der Waals surface area (Å²) in [6, 6.07) is 45.4. The highest BCUT2D eigenvalue weighted by atomic mass is 19.1. The number of aliphatic hydroxyl groups is 2. The molecule has 0 aromatic heterocycles. The van der Waals surface area contributed by atoms with Crippen molar-refractivity contribution < 1.29 is 57.2 Å². The van der Waals surface area contributed by atoms with Gasteiger partial charge in [0.15, 0.2) is 6.17 Å². The van der Waals surface area contributed by atoms with Crippen LogP contribution in [0.25, 0.3) is 33.4 Å². The molecule has 92 heavy (non-hydrogen) atoms. The number of Topliss-reactive ketones (excluding diaryl/α,β-unsaturated/α-hetero) is 1. The van der Waals surface area contributed by atoms with Gasteiger partial charge in [-0.1, -0.05) is 54.6 Å². The average molecular weight is 1250 g/mol. The number of carbonyl (C=O) groups excluding carboxylic acids is 5. The average Bonchev–Trinajstić information content (AvgIpc) is 0.850. The maximum atomic E-state index is 14.6. The monoisotopic (exact) mass is 1250 g/mol. The van der Waals surface area contributed by atoms with E-state index in [1.807, 2.05) is 91.0 Å². The van der Waals surface area contributed by atoms with Crippen LogP contribution in [0.2, 0.25) is 0 Å². The lowest BCUT2D eigenvalue weighted by Crippen LogP contribution is -2.63. The van der Waals surface area contributed by atoms with E-state index < -0.39 is 36.9 Å². The van der Waals surface area contributed by atoms with Crippen molar-refractivity contribution in [2.75, 3.05) is 66.8 Å². The second kappa shape index (κ2) is 28.8. The van der Waals surface area contributed by atoms with Gasteiger partial charge in [0.2, 0.25) is 23.6 Å². The SMILES string of the molecule is CC(=O)CC1C2CC1C2C(=O)Nc1cccc(-c2ccc(OC3CCOCC3)c(C#N)c2)c1.N#Cc1cc(-c2cccc(NC(=O)C3CC3)c2)ccc1N1CC[C@@H](O)C1.N#Cc1cc(-c2cccc(NC(=O)[C@H]3C[C@@H]3F)c2)ccc1O[C@H]1CCN(C(=O)CO)C[C@H]1F. The number of carbonyl (C=O) groups is 5. The zero-order chi connectivity index (χ0) is 64.6. The third-order valence-corrected chi connectivity index (χ3v) is 18.3. The minimum absolute atomic E-state index is 0.0322. The summed E-state index contributed by atoms with van der Waals surface area (Å²) in [5, 5.41) is 56.2. The van der Waals surface area contributed by atoms with Gasteiger partial charge < -0.3 is 55.0 Å². The lowest BCUT2D eigenvalue weighted by atomic mass is 9.40. The summed E-state index contributed by atoms with van der Waals surface area (Å²) in [5.41, 5.74) is 9.40. The normalized spacial score (nSPS) is 23.3. The second-order valence-corrected chi connectivity index (χ2v) is 24.8. The van der Waals surface area contributed by atoms with Crippen molar-refractivity contribution in [2.45, 2.75) is 95.4 Å². The smallest absolute Gasteiger partial charge is 0.248 e. The molecule has 0 spiro atoms. The van der Waals surface area contributed by atoms with Crippen LogP contribution in [0, 0.1) is 69.5 Å². The van der Waals surface area contributed by atoms with Crippen molar-refractivity contribution in [3.05, 3.63) is 144 Å². The second-order valence-electron chi connectivity index (χ2n) is 24.8. The fourth-order valence-electron chi connectivity index (χ4n) is 12.7. The van der Waals surface area contributed by atoms with Crippen LogP contribution < -0.4 is 30.3 Å². The van der Waals surface area contributed by atoms with Gasteiger partial charge in [-0.15, -0.1) is 0 Å². The Morgan fingerprint density at radius 3 is 1.61 bits per heavy atom. The highest BCUT2D eigenvalue weighted by molar-refractivity contribution is 5.97. The van der Waals surface area contributed by atoms with Crippen molar-refractivity contribution in [3.63, 3.8) is 0 Å². The molecule has 18 nitrogen and oxygen atoms in total. The van der Waals surface area contributed by atoms with Crippen molar-refractivity contribution >= 4 is 52.2 Å². The lowest BCUT2D eigenvalue weighted by Gasteiger charge is -2.63. The topological polar surface area (TPSA) is 267 Å². The van der Waals surface area contributed by atoms with E-state index in [1.165, 1.54) is 4.90 Å². The Morgan fingerprint density at radius 2 is 1.12 bits per heavy atom. The molecule has 6 aromatic rings. The standard InChI is InChI=1S/C27H28N2O4.C24H23F2N3O4.C21H21N3O2/c1-16(30)11-22-23-14-24(22)26(23)27(31)29-20-4-2-3-17(13-20)18-5-6-25(19(12-18)15-28)33-21-7-9-32-10-8-21;25-19-10-18(19)24(32)28-17-3-1-2-14(9-17)15-4-5-21(16(8-15)11-27)33-22-6-7-29(12-20(22)26)23(31)13-30;22-12-17-10-16(6-7-20(17)24-9-8-19(25)13-24)15-2-1-3-18(11-15)23-21(26)14-4-5-14/h2-6,12-13,21-24,26H,7-11,14H2,1H3,(H,29,31);1-5,8-9,18-20,22,30H,6-7,10,12-13H2,(H,28,32);1-3,6-7,10-11,14,19,25H,4-5,8-9,13H2,(H,23,26)/t;18-,19-,20+,22-;19-/m.01/s1. The minimum Gasteiger partial charge on any atom is -0.489 e. The quantitative estimate of drug-likeness (QED) is 0.0569. The Kier molecular flexibility index (Phi) is 20.0. The van der Waals surface area contributed by atoms with Gasteiger partial charge >= 0.3 is 0 Å². The van der Waals surface area contributed by atoms with E-state index in [0.29, 0.717) is 72.1 Å². The molecule has 8 aliphatic rings. The first kappa shape index (κ1) is 64.0. The van der Waals surface area contributed by atoms with Gasteiger partial charge in [-0.05, 0) is 163 Å². The van der Waals surface area contributed by atoms with Crippen LogP contribution in [0.1, 0.15) is 81.4 Å². The number of piperidine rings is 1. The molecule has 5 saturated carbocycles. The third-order valence-electron chi connectivity index (χ3n) is 18.3. The Labute approximate surface area is 532 Å². The number of alkyl halides is 2. The van der Waals surface area contributed by atoms with Crippen LogP contribution in [0.15, 0.2) is 127 Å². The van der Waals surface area contributed by atoms with E-state index in [-0.39, 0.29) is 84.8 Å². The zero-order valence-corrected chi connectivity index (χ0v) is 50.9. The lowest BCUT2D eigenvalue weighted by molar-refractivity contribution is -0.179. The molecule has 6 aromatic carbocycles. The Bertz CT molecular complexity index is 3880. The van der Waals surface area contributed by atoms with Gasteiger partial charge in [0.25, 0.3) is 0 Å². The summed E-state index contributed by atoms with van der Waals surface area (Å²) in [6.45, 7) is 3.74. The van der Waals surface area contributed by atoms with Crippen LogP contribution in [0.4, 0.5) is 31.5 Å². The molecule has 2 bridgehead atoms. The summed E-state index contributed by atoms with van der Waals surface area (Å²) < 4.78 is 44.9. The molecule has 5 aliphatic carbocycles. The molecular formula is C72H72F2N8O10. The number of amides is 4. The molecule has 4 amide bonds. The number of hydrogen-bond donors (Lipinski definition) is 5. The molecule has 2 unspecified atom stereocenters. The molecule has 3 aliphatic heterocycles. The maximum absolute atomic E-state index is 14.6. The first-order valence-electron chi connectivity index (χ1n) is 31.4. The van der Waals surface area contributed by atoms with Crippen molar-refractivity contribution in [2.24, 2.45) is 35.5 Å². The summed E-state index contributed by atoms with van der Waals surface area (Å²) in [4.78, 5) is 63.0. The molecule has 14 rings (SSSR count). The summed E-state index contributed by atoms with van der Waals surface area (Å²) in [5.74, 6) is 1.00. The highest BCUT2D eigenvalue weighted by Gasteiger charge is 2.63. The molecule has 20 heteroatoms. The third kappa shape index (κ3) is 15.3. The van der Waals surface area contributed by atoms with E-state index in [9.17, 15) is 53.6 Å². The fraction of sp³-hybridized carbons (Fsp3) is 0.389. The van der Waals surface area contributed by atoms with E-state index in [4.69, 9.17) is 19.3 Å². The number of ether oxygens (including phenoxy) is 3. The summed E-state index contributed by atoms with van der Waals surface area (Å²) >= 11 is 0. The molecular weight excluding hydrogens is 1170 g/mol. The number of β-amino-alcohol motifs (C(OH)–C–C–N with tert-alkyl or cyclic N) is 1. The molecule has 8 fully saturated rings. The van der Waals surface area contributed by atoms with Gasteiger partial charge in [0.1, 0.15) is 60.5 Å².